The minimum Gasteiger partial charge on any atom is -0.348 e. The van der Waals surface area contributed by atoms with Crippen LogP contribution in [0, 0.1) is 5.92 Å². The van der Waals surface area contributed by atoms with E-state index in [-0.39, 0.29) is 29.1 Å². The molecule has 3 rings (SSSR count). The number of hydrogen-bond donors (Lipinski definition) is 1. The third kappa shape index (κ3) is 2.79. The molecular formula is C15H18N4O2. The third-order valence-corrected chi connectivity index (χ3v) is 3.38. The first-order valence-electron chi connectivity index (χ1n) is 7.22. The van der Waals surface area contributed by atoms with Crippen molar-refractivity contribution < 1.29 is 4.79 Å². The van der Waals surface area contributed by atoms with Crippen LogP contribution in [0.3, 0.4) is 0 Å². The Morgan fingerprint density at radius 1 is 1.48 bits per heavy atom. The highest BCUT2D eigenvalue weighted by Crippen LogP contribution is 2.19. The van der Waals surface area contributed by atoms with Gasteiger partial charge in [-0.25, -0.2) is 9.97 Å². The Kier molecular flexibility index (Phi) is 3.45. The lowest BCUT2D eigenvalue weighted by atomic mass is 10.2. The molecule has 0 bridgehead atoms. The smallest absolute Gasteiger partial charge is 0.283 e. The van der Waals surface area contributed by atoms with Crippen molar-refractivity contribution in [2.45, 2.75) is 39.3 Å². The fourth-order valence-electron chi connectivity index (χ4n) is 2.24. The van der Waals surface area contributed by atoms with E-state index in [1.807, 2.05) is 13.8 Å². The molecule has 110 valence electrons. The van der Waals surface area contributed by atoms with Crippen molar-refractivity contribution in [2.24, 2.45) is 5.92 Å². The summed E-state index contributed by atoms with van der Waals surface area (Å²) in [5.41, 5.74) is 0.689. The molecule has 0 aromatic carbocycles. The molecule has 6 nitrogen and oxygen atoms in total. The van der Waals surface area contributed by atoms with Gasteiger partial charge in [0.15, 0.2) is 11.3 Å². The van der Waals surface area contributed by atoms with Gasteiger partial charge in [0.1, 0.15) is 5.52 Å². The van der Waals surface area contributed by atoms with Gasteiger partial charge in [-0.15, -0.1) is 0 Å². The van der Waals surface area contributed by atoms with Gasteiger partial charge >= 0.3 is 0 Å². The molecule has 1 aliphatic rings. The summed E-state index contributed by atoms with van der Waals surface area (Å²) in [5.74, 6) is -0.111. The summed E-state index contributed by atoms with van der Waals surface area (Å²) in [6.45, 7) is 4.55. The average molecular weight is 286 g/mol. The maximum absolute atomic E-state index is 12.6. The number of amides is 1. The molecular weight excluding hydrogens is 268 g/mol. The monoisotopic (exact) mass is 286 g/mol. The molecule has 0 spiro atoms. The molecule has 2 heterocycles. The SMILES string of the molecule is CC(C)Cn1c(=O)c(C(=O)NC2CC2)nc2cccnc21. The van der Waals surface area contributed by atoms with Crippen LogP contribution in [0.5, 0.6) is 0 Å². The van der Waals surface area contributed by atoms with Gasteiger partial charge in [0.2, 0.25) is 0 Å². The van der Waals surface area contributed by atoms with Crippen LogP contribution in [0.4, 0.5) is 0 Å². The normalized spacial score (nSPS) is 14.6. The number of aromatic nitrogens is 3. The third-order valence-electron chi connectivity index (χ3n) is 3.38. The van der Waals surface area contributed by atoms with Crippen molar-refractivity contribution in [3.8, 4) is 0 Å². The Morgan fingerprint density at radius 3 is 2.90 bits per heavy atom. The van der Waals surface area contributed by atoms with E-state index in [2.05, 4.69) is 15.3 Å². The van der Waals surface area contributed by atoms with E-state index >= 15 is 0 Å². The summed E-state index contributed by atoms with van der Waals surface area (Å²) >= 11 is 0. The zero-order valence-corrected chi connectivity index (χ0v) is 12.2. The fourth-order valence-corrected chi connectivity index (χ4v) is 2.24. The lowest BCUT2D eigenvalue weighted by Gasteiger charge is -2.13. The molecule has 21 heavy (non-hydrogen) atoms. The summed E-state index contributed by atoms with van der Waals surface area (Å²) in [6.07, 6.45) is 3.58. The van der Waals surface area contributed by atoms with E-state index in [1.54, 1.807) is 22.9 Å². The number of nitrogens with one attached hydrogen (secondary N) is 1. The van der Waals surface area contributed by atoms with Gasteiger partial charge in [-0.1, -0.05) is 13.8 Å². The first-order valence-corrected chi connectivity index (χ1v) is 7.22. The van der Waals surface area contributed by atoms with E-state index in [1.165, 1.54) is 0 Å². The molecule has 1 fully saturated rings. The quantitative estimate of drug-likeness (QED) is 0.920. The van der Waals surface area contributed by atoms with Crippen LogP contribution < -0.4 is 10.9 Å². The van der Waals surface area contributed by atoms with Crippen LogP contribution in [0.1, 0.15) is 37.2 Å². The van der Waals surface area contributed by atoms with Crippen molar-refractivity contribution >= 4 is 17.1 Å². The number of carbonyl (C=O) groups is 1. The zero-order chi connectivity index (χ0) is 15.0. The predicted molar refractivity (Wildman–Crippen MR) is 79.1 cm³/mol. The lowest BCUT2D eigenvalue weighted by Crippen LogP contribution is -2.36. The Bertz CT molecular complexity index is 747. The van der Waals surface area contributed by atoms with Gasteiger partial charge < -0.3 is 5.32 Å². The van der Waals surface area contributed by atoms with Gasteiger partial charge in [0.25, 0.3) is 11.5 Å². The van der Waals surface area contributed by atoms with Crippen LogP contribution in [-0.2, 0) is 6.54 Å². The summed E-state index contributed by atoms with van der Waals surface area (Å²) in [4.78, 5) is 33.2. The van der Waals surface area contributed by atoms with Gasteiger partial charge in [0, 0.05) is 18.8 Å². The highest BCUT2D eigenvalue weighted by Gasteiger charge is 2.26. The minimum atomic E-state index is -0.384. The molecule has 1 N–H and O–H groups in total. The van der Waals surface area contributed by atoms with Crippen LogP contribution in [-0.4, -0.2) is 26.5 Å². The Hall–Kier alpha value is -2.24. The maximum Gasteiger partial charge on any atom is 0.283 e. The molecule has 6 heteroatoms. The number of rotatable bonds is 4. The summed E-state index contributed by atoms with van der Waals surface area (Å²) in [7, 11) is 0. The average Bonchev–Trinajstić information content (AvgIpc) is 3.25. The second kappa shape index (κ2) is 5.27. The van der Waals surface area contributed by atoms with Crippen molar-refractivity contribution in [3.05, 3.63) is 34.4 Å². The van der Waals surface area contributed by atoms with E-state index < -0.39 is 0 Å². The molecule has 2 aromatic rings. The minimum absolute atomic E-state index is 0.0388. The van der Waals surface area contributed by atoms with E-state index in [0.717, 1.165) is 12.8 Å². The Labute approximate surface area is 122 Å². The number of carbonyl (C=O) groups excluding carboxylic acids is 1. The maximum atomic E-state index is 12.6. The first-order chi connectivity index (χ1) is 10.1. The van der Waals surface area contributed by atoms with Gasteiger partial charge in [-0.3, -0.25) is 14.2 Å². The summed E-state index contributed by atoms with van der Waals surface area (Å²) in [5, 5.41) is 2.82. The molecule has 1 saturated carbocycles. The first kappa shape index (κ1) is 13.7. The highest BCUT2D eigenvalue weighted by molar-refractivity contribution is 5.93. The fraction of sp³-hybridized carbons (Fsp3) is 0.467. The van der Waals surface area contributed by atoms with E-state index in [0.29, 0.717) is 17.7 Å². The van der Waals surface area contributed by atoms with Gasteiger partial charge in [-0.05, 0) is 30.9 Å². The summed E-state index contributed by atoms with van der Waals surface area (Å²) in [6, 6.07) is 3.72. The molecule has 1 amide bonds. The Morgan fingerprint density at radius 2 is 2.24 bits per heavy atom. The van der Waals surface area contributed by atoms with Crippen LogP contribution in [0.25, 0.3) is 11.2 Å². The molecule has 0 aliphatic heterocycles. The Balaban J connectivity index is 2.13. The van der Waals surface area contributed by atoms with E-state index in [4.69, 9.17) is 0 Å². The number of pyridine rings is 1. The van der Waals surface area contributed by atoms with E-state index in [9.17, 15) is 9.59 Å². The van der Waals surface area contributed by atoms with Crippen molar-refractivity contribution in [3.63, 3.8) is 0 Å². The molecule has 1 aliphatic carbocycles. The van der Waals surface area contributed by atoms with Gasteiger partial charge in [-0.2, -0.15) is 0 Å². The van der Waals surface area contributed by atoms with Gasteiger partial charge in [0.05, 0.1) is 0 Å². The van der Waals surface area contributed by atoms with Crippen LogP contribution >= 0.6 is 0 Å². The van der Waals surface area contributed by atoms with Crippen molar-refractivity contribution in [1.29, 1.82) is 0 Å². The largest absolute Gasteiger partial charge is 0.348 e. The number of nitrogens with zero attached hydrogens (tertiary/aromatic N) is 3. The lowest BCUT2D eigenvalue weighted by molar-refractivity contribution is 0.0944. The summed E-state index contributed by atoms with van der Waals surface area (Å²) < 4.78 is 1.55. The number of hydrogen-bond acceptors (Lipinski definition) is 4. The number of fused-ring (bicyclic) bond motifs is 1. The zero-order valence-electron chi connectivity index (χ0n) is 12.2. The topological polar surface area (TPSA) is 76.9 Å². The second-order valence-electron chi connectivity index (χ2n) is 5.86. The molecule has 0 atom stereocenters. The van der Waals surface area contributed by atoms with Crippen molar-refractivity contribution in [1.82, 2.24) is 19.9 Å². The molecule has 0 unspecified atom stereocenters. The van der Waals surface area contributed by atoms with Crippen LogP contribution in [0.2, 0.25) is 0 Å². The van der Waals surface area contributed by atoms with Crippen LogP contribution in [0.15, 0.2) is 23.1 Å². The molecule has 2 aromatic heterocycles. The predicted octanol–water partition coefficient (Wildman–Crippen LogP) is 1.34. The van der Waals surface area contributed by atoms with Crippen molar-refractivity contribution in [2.75, 3.05) is 0 Å². The molecule has 0 radical (unpaired) electrons. The second-order valence-corrected chi connectivity index (χ2v) is 5.86. The highest BCUT2D eigenvalue weighted by atomic mass is 16.2. The molecule has 0 saturated heterocycles. The standard InChI is InChI=1S/C15H18N4O2/c1-9(2)8-19-13-11(4-3-7-16-13)18-12(15(19)21)14(20)17-10-5-6-10/h3-4,7,9-10H,5-6,8H2,1-2H3,(H,17,20).